The molecule has 0 saturated heterocycles. The van der Waals surface area contributed by atoms with E-state index in [1.54, 1.807) is 0 Å². The number of carbonyl (C=O) groups excluding carboxylic acids is 4. The van der Waals surface area contributed by atoms with Crippen LogP contribution in [0, 0.1) is 11.8 Å². The zero-order valence-corrected chi connectivity index (χ0v) is 65.2. The second kappa shape index (κ2) is 69.8. The third-order valence-electron chi connectivity index (χ3n) is 18.2. The predicted molar refractivity (Wildman–Crippen MR) is 395 cm³/mol. The molecule has 0 bridgehead atoms. The fourth-order valence-corrected chi connectivity index (χ4v) is 13.6. The summed E-state index contributed by atoms with van der Waals surface area (Å²) in [5.74, 6) is -0.509. The highest BCUT2D eigenvalue weighted by molar-refractivity contribution is 7.47. The smallest absolute Gasteiger partial charge is 0.462 e. The Hall–Kier alpha value is -1.94. The number of hydrogen-bond acceptors (Lipinski definition) is 15. The van der Waals surface area contributed by atoms with Crippen LogP contribution in [-0.2, 0) is 65.4 Å². The third-order valence-corrected chi connectivity index (χ3v) is 20.1. The molecule has 97 heavy (non-hydrogen) atoms. The summed E-state index contributed by atoms with van der Waals surface area (Å²) in [4.78, 5) is 72.9. The first kappa shape index (κ1) is 95.1. The number of carbonyl (C=O) groups is 4. The average Bonchev–Trinajstić information content (AvgIpc) is 1.04. The first-order valence-electron chi connectivity index (χ1n) is 40.5. The Morgan fingerprint density at radius 3 is 0.701 bits per heavy atom. The highest BCUT2D eigenvalue weighted by Gasteiger charge is 2.30. The summed E-state index contributed by atoms with van der Waals surface area (Å²) >= 11 is 0. The lowest BCUT2D eigenvalue weighted by molar-refractivity contribution is -0.161. The van der Waals surface area contributed by atoms with Crippen LogP contribution in [0.4, 0.5) is 0 Å². The summed E-state index contributed by atoms with van der Waals surface area (Å²) in [5.41, 5.74) is 0. The maximum Gasteiger partial charge on any atom is 0.472 e. The van der Waals surface area contributed by atoms with Crippen molar-refractivity contribution in [2.75, 3.05) is 39.6 Å². The highest BCUT2D eigenvalue weighted by atomic mass is 31.2. The van der Waals surface area contributed by atoms with Crippen LogP contribution in [0.25, 0.3) is 0 Å². The van der Waals surface area contributed by atoms with E-state index in [-0.39, 0.29) is 25.7 Å². The number of ether oxygens (including phenoxy) is 4. The molecule has 0 heterocycles. The molecule has 0 aliphatic heterocycles. The van der Waals surface area contributed by atoms with E-state index in [9.17, 15) is 43.2 Å². The molecule has 2 unspecified atom stereocenters. The molecule has 0 radical (unpaired) electrons. The topological polar surface area (TPSA) is 237 Å². The quantitative estimate of drug-likeness (QED) is 0.0222. The van der Waals surface area contributed by atoms with Crippen LogP contribution in [-0.4, -0.2) is 96.7 Å². The van der Waals surface area contributed by atoms with Gasteiger partial charge in [-0.05, 0) is 37.5 Å². The molecule has 0 amide bonds. The zero-order valence-electron chi connectivity index (χ0n) is 63.4. The summed E-state index contributed by atoms with van der Waals surface area (Å²) in [6, 6.07) is 0. The Morgan fingerprint density at radius 2 is 0.474 bits per heavy atom. The largest absolute Gasteiger partial charge is 0.472 e. The molecule has 19 heteroatoms. The van der Waals surface area contributed by atoms with Crippen molar-refractivity contribution in [3.8, 4) is 0 Å². The van der Waals surface area contributed by atoms with Gasteiger partial charge in [-0.1, -0.05) is 356 Å². The van der Waals surface area contributed by atoms with E-state index in [1.165, 1.54) is 225 Å². The standard InChI is InChI=1S/C78H152O17P2/c1-7-9-11-13-15-17-19-31-38-44-50-56-62-77(82)94-73(66-88-75(80)60-54-48-42-36-18-16-14-12-10-8-2)68-92-96(84,85)90-64-72(79)65-91-97(86,87)93-69-74(67-89-76(81)61-55-49-43-37-32-27-24-23-26-30-35-41-47-53-59-71(5)6)95-78(83)63-57-51-45-39-33-28-22-20-21-25-29-34-40-46-52-58-70(3)4/h70-74,79H,7-69H2,1-6H3,(H,84,85)(H,86,87)/t72-,73+,74+/m0/s1. The molecule has 0 saturated carbocycles. The number of aliphatic hydroxyl groups is 1. The fourth-order valence-electron chi connectivity index (χ4n) is 12.0. The van der Waals surface area contributed by atoms with Gasteiger partial charge in [-0.3, -0.25) is 37.3 Å². The van der Waals surface area contributed by atoms with Crippen molar-refractivity contribution < 1.29 is 80.2 Å². The van der Waals surface area contributed by atoms with Crippen molar-refractivity contribution in [2.24, 2.45) is 11.8 Å². The van der Waals surface area contributed by atoms with Crippen LogP contribution in [0.5, 0.6) is 0 Å². The van der Waals surface area contributed by atoms with Gasteiger partial charge in [0.05, 0.1) is 26.4 Å². The van der Waals surface area contributed by atoms with Crippen molar-refractivity contribution >= 4 is 39.5 Å². The van der Waals surface area contributed by atoms with Gasteiger partial charge in [0, 0.05) is 25.7 Å². The summed E-state index contributed by atoms with van der Waals surface area (Å²) in [6.45, 7) is 9.66. The van der Waals surface area contributed by atoms with Crippen LogP contribution in [0.2, 0.25) is 0 Å². The molecule has 0 aromatic carbocycles. The number of unbranched alkanes of at least 4 members (excludes halogenated alkanes) is 47. The van der Waals surface area contributed by atoms with Gasteiger partial charge in [0.1, 0.15) is 19.3 Å². The molecule has 0 aromatic heterocycles. The van der Waals surface area contributed by atoms with Gasteiger partial charge in [-0.2, -0.15) is 0 Å². The summed E-state index contributed by atoms with van der Waals surface area (Å²) in [5, 5.41) is 10.6. The van der Waals surface area contributed by atoms with Crippen molar-refractivity contribution in [1.29, 1.82) is 0 Å². The zero-order chi connectivity index (χ0) is 71.4. The minimum absolute atomic E-state index is 0.108. The minimum Gasteiger partial charge on any atom is -0.462 e. The molecular weight excluding hydrogens is 1270 g/mol. The van der Waals surface area contributed by atoms with E-state index in [2.05, 4.69) is 41.5 Å². The van der Waals surface area contributed by atoms with Gasteiger partial charge in [-0.25, -0.2) is 9.13 Å². The Morgan fingerprint density at radius 1 is 0.278 bits per heavy atom. The SMILES string of the molecule is CCCCCCCCCCCCCCC(=O)O[C@H](COC(=O)CCCCCCCCCCCC)COP(=O)(O)OC[C@H](O)COP(=O)(O)OC[C@@H](COC(=O)CCCCCCCCCCCCCCCCC(C)C)OC(=O)CCCCCCCCCCCCCCCCCC(C)C. The average molecular weight is 1420 g/mol. The summed E-state index contributed by atoms with van der Waals surface area (Å²) in [7, 11) is -9.91. The molecular formula is C78H152O17P2. The Kier molecular flexibility index (Phi) is 68.4. The fraction of sp³-hybridized carbons (Fsp3) is 0.949. The molecule has 3 N–H and O–H groups in total. The Balaban J connectivity index is 5.23. The number of esters is 4. The van der Waals surface area contributed by atoms with Crippen molar-refractivity contribution in [3.05, 3.63) is 0 Å². The maximum absolute atomic E-state index is 13.1. The highest BCUT2D eigenvalue weighted by Crippen LogP contribution is 2.45. The molecule has 0 fully saturated rings. The summed E-state index contributed by atoms with van der Waals surface area (Å²) in [6.07, 6.45) is 58.1. The second-order valence-electron chi connectivity index (χ2n) is 29.1. The number of phosphoric ester groups is 2. The van der Waals surface area contributed by atoms with Crippen molar-refractivity contribution in [3.63, 3.8) is 0 Å². The molecule has 5 atom stereocenters. The second-order valence-corrected chi connectivity index (χ2v) is 32.0. The normalized spacial score (nSPS) is 14.0. The molecule has 17 nitrogen and oxygen atoms in total. The first-order valence-corrected chi connectivity index (χ1v) is 43.5. The monoisotopic (exact) mass is 1420 g/mol. The number of phosphoric acid groups is 2. The lowest BCUT2D eigenvalue weighted by Gasteiger charge is -2.21. The van der Waals surface area contributed by atoms with Crippen molar-refractivity contribution in [1.82, 2.24) is 0 Å². The Labute approximate surface area is 594 Å². The van der Waals surface area contributed by atoms with Crippen LogP contribution >= 0.6 is 15.6 Å². The molecule has 576 valence electrons. The number of aliphatic hydroxyl groups excluding tert-OH is 1. The lowest BCUT2D eigenvalue weighted by atomic mass is 10.0. The number of hydrogen-bond donors (Lipinski definition) is 3. The van der Waals surface area contributed by atoms with E-state index in [0.717, 1.165) is 102 Å². The third kappa shape index (κ3) is 72.2. The van der Waals surface area contributed by atoms with Crippen LogP contribution in [0.3, 0.4) is 0 Å². The molecule has 0 spiro atoms. The van der Waals surface area contributed by atoms with Gasteiger partial charge in [-0.15, -0.1) is 0 Å². The van der Waals surface area contributed by atoms with Crippen molar-refractivity contribution in [2.45, 2.75) is 426 Å². The minimum atomic E-state index is -4.96. The van der Waals surface area contributed by atoms with Crippen LogP contribution < -0.4 is 0 Å². The van der Waals surface area contributed by atoms with Gasteiger partial charge in [0.25, 0.3) is 0 Å². The van der Waals surface area contributed by atoms with Gasteiger partial charge >= 0.3 is 39.5 Å². The van der Waals surface area contributed by atoms with Crippen LogP contribution in [0.15, 0.2) is 0 Å². The van der Waals surface area contributed by atoms with E-state index < -0.39 is 97.5 Å². The Bertz CT molecular complexity index is 1870. The van der Waals surface area contributed by atoms with E-state index >= 15 is 0 Å². The van der Waals surface area contributed by atoms with Crippen LogP contribution in [0.1, 0.15) is 408 Å². The molecule has 0 rings (SSSR count). The maximum atomic E-state index is 13.1. The molecule has 0 aliphatic rings. The summed E-state index contributed by atoms with van der Waals surface area (Å²) < 4.78 is 68.6. The predicted octanol–water partition coefficient (Wildman–Crippen LogP) is 23.1. The van der Waals surface area contributed by atoms with E-state index in [1.807, 2.05) is 0 Å². The van der Waals surface area contributed by atoms with Gasteiger partial charge in [0.2, 0.25) is 0 Å². The number of rotatable bonds is 77. The van der Waals surface area contributed by atoms with E-state index in [0.29, 0.717) is 25.7 Å². The van der Waals surface area contributed by atoms with Gasteiger partial charge < -0.3 is 33.8 Å². The lowest BCUT2D eigenvalue weighted by Crippen LogP contribution is -2.30. The first-order chi connectivity index (χ1) is 46.9. The molecule has 0 aliphatic carbocycles. The van der Waals surface area contributed by atoms with E-state index in [4.69, 9.17) is 37.0 Å². The van der Waals surface area contributed by atoms with Gasteiger partial charge in [0.15, 0.2) is 12.2 Å². The molecule has 0 aromatic rings.